The lowest BCUT2D eigenvalue weighted by Crippen LogP contribution is -2.58. The molecule has 0 amide bonds. The molecule has 2 aliphatic heterocycles. The summed E-state index contributed by atoms with van der Waals surface area (Å²) in [5, 5.41) is 3.21. The summed E-state index contributed by atoms with van der Waals surface area (Å²) in [4.78, 5) is 4.73. The van der Waals surface area contributed by atoms with Crippen LogP contribution < -0.4 is 5.32 Å². The molecule has 0 saturated carbocycles. The Bertz CT molecular complexity index is 358. The second-order valence-electron chi connectivity index (χ2n) is 5.27. The van der Waals surface area contributed by atoms with Crippen molar-refractivity contribution in [2.45, 2.75) is 18.5 Å². The smallest absolute Gasteiger partial charge is 0.151 e. The normalized spacial score (nSPS) is 35.2. The van der Waals surface area contributed by atoms with Crippen LogP contribution in [0, 0.1) is 0 Å². The zero-order chi connectivity index (χ0) is 12.5. The van der Waals surface area contributed by atoms with Crippen molar-refractivity contribution in [1.82, 2.24) is 15.1 Å². The van der Waals surface area contributed by atoms with Gasteiger partial charge in [0.05, 0.1) is 11.5 Å². The number of piperazine rings is 1. The first-order chi connectivity index (χ1) is 8.02. The fraction of sp³-hybridized carbons (Fsp3) is 1.00. The van der Waals surface area contributed by atoms with Crippen LogP contribution in [0.1, 0.15) is 6.42 Å². The molecular weight excluding hydrogens is 238 g/mol. The van der Waals surface area contributed by atoms with E-state index in [1.807, 2.05) is 7.05 Å². The van der Waals surface area contributed by atoms with Crippen LogP contribution in [0.4, 0.5) is 0 Å². The zero-order valence-corrected chi connectivity index (χ0v) is 11.5. The predicted octanol–water partition coefficient (Wildman–Crippen LogP) is -0.991. The first kappa shape index (κ1) is 13.3. The van der Waals surface area contributed by atoms with Crippen molar-refractivity contribution in [1.29, 1.82) is 0 Å². The second-order valence-corrected chi connectivity index (χ2v) is 7.50. The van der Waals surface area contributed by atoms with Crippen molar-refractivity contribution >= 4 is 9.84 Å². The van der Waals surface area contributed by atoms with Crippen LogP contribution in [0.5, 0.6) is 0 Å². The highest BCUT2D eigenvalue weighted by Gasteiger charge is 2.37. The van der Waals surface area contributed by atoms with Gasteiger partial charge in [-0.3, -0.25) is 4.90 Å². The van der Waals surface area contributed by atoms with Crippen molar-refractivity contribution < 1.29 is 8.42 Å². The van der Waals surface area contributed by atoms with Gasteiger partial charge in [0.1, 0.15) is 0 Å². The fourth-order valence-electron chi connectivity index (χ4n) is 2.96. The summed E-state index contributed by atoms with van der Waals surface area (Å²) >= 11 is 0. The Morgan fingerprint density at radius 3 is 2.71 bits per heavy atom. The molecule has 2 fully saturated rings. The predicted molar refractivity (Wildman–Crippen MR) is 69.0 cm³/mol. The minimum absolute atomic E-state index is 0.243. The van der Waals surface area contributed by atoms with Gasteiger partial charge in [0, 0.05) is 38.3 Å². The van der Waals surface area contributed by atoms with Crippen LogP contribution in [-0.2, 0) is 9.84 Å². The van der Waals surface area contributed by atoms with Gasteiger partial charge in [-0.05, 0) is 20.5 Å². The summed E-state index contributed by atoms with van der Waals surface area (Å²) in [6.45, 7) is 3.98. The van der Waals surface area contributed by atoms with Gasteiger partial charge >= 0.3 is 0 Å². The van der Waals surface area contributed by atoms with Gasteiger partial charge in [0.2, 0.25) is 0 Å². The summed E-state index contributed by atoms with van der Waals surface area (Å²) in [6, 6.07) is 0.684. The van der Waals surface area contributed by atoms with E-state index in [1.165, 1.54) is 0 Å². The standard InChI is InChI=1S/C11H23N3O2S/c1-12-7-11-8-13(2)4-5-14(11)10-3-6-17(15,16)9-10/h10-12H,3-9H2,1-2H3. The van der Waals surface area contributed by atoms with Crippen molar-refractivity contribution in [3.63, 3.8) is 0 Å². The molecule has 2 rings (SSSR count). The van der Waals surface area contributed by atoms with Crippen LogP contribution in [0.15, 0.2) is 0 Å². The minimum atomic E-state index is -2.77. The van der Waals surface area contributed by atoms with Gasteiger partial charge in [0.25, 0.3) is 0 Å². The molecule has 5 nitrogen and oxygen atoms in total. The molecule has 0 bridgehead atoms. The maximum absolute atomic E-state index is 11.6. The van der Waals surface area contributed by atoms with Gasteiger partial charge in [-0.25, -0.2) is 8.42 Å². The molecule has 2 aliphatic rings. The number of hydrogen-bond acceptors (Lipinski definition) is 5. The average Bonchev–Trinajstić information content (AvgIpc) is 2.59. The summed E-state index contributed by atoms with van der Waals surface area (Å²) in [7, 11) is 1.31. The molecule has 2 unspecified atom stereocenters. The monoisotopic (exact) mass is 261 g/mol. The Morgan fingerprint density at radius 2 is 2.12 bits per heavy atom. The van der Waals surface area contributed by atoms with Gasteiger partial charge in [-0.1, -0.05) is 0 Å². The van der Waals surface area contributed by atoms with E-state index in [9.17, 15) is 8.42 Å². The van der Waals surface area contributed by atoms with Crippen molar-refractivity contribution in [2.75, 3.05) is 51.8 Å². The molecule has 2 atom stereocenters. The van der Waals surface area contributed by atoms with Crippen LogP contribution in [0.3, 0.4) is 0 Å². The SMILES string of the molecule is CNCC1CN(C)CCN1C1CCS(=O)(=O)C1. The topological polar surface area (TPSA) is 52.6 Å². The van der Waals surface area contributed by atoms with E-state index in [2.05, 4.69) is 22.2 Å². The zero-order valence-electron chi connectivity index (χ0n) is 10.7. The van der Waals surface area contributed by atoms with Crippen molar-refractivity contribution in [2.24, 2.45) is 0 Å². The van der Waals surface area contributed by atoms with Gasteiger partial charge in [0.15, 0.2) is 9.84 Å². The third kappa shape index (κ3) is 3.19. The third-order valence-electron chi connectivity index (χ3n) is 3.85. The quantitative estimate of drug-likeness (QED) is 0.707. The second kappa shape index (κ2) is 5.22. The lowest BCUT2D eigenvalue weighted by molar-refractivity contribution is 0.0613. The molecule has 0 radical (unpaired) electrons. The molecular formula is C11H23N3O2S. The lowest BCUT2D eigenvalue weighted by atomic mass is 10.1. The van der Waals surface area contributed by atoms with Crippen LogP contribution in [0.2, 0.25) is 0 Å². The maximum Gasteiger partial charge on any atom is 0.151 e. The Hall–Kier alpha value is -0.170. The van der Waals surface area contributed by atoms with Gasteiger partial charge in [-0.15, -0.1) is 0 Å². The Kier molecular flexibility index (Phi) is 4.07. The number of nitrogens with one attached hydrogen (secondary N) is 1. The van der Waals surface area contributed by atoms with E-state index >= 15 is 0 Å². The van der Waals surface area contributed by atoms with E-state index in [-0.39, 0.29) is 6.04 Å². The van der Waals surface area contributed by atoms with E-state index in [0.29, 0.717) is 17.5 Å². The number of rotatable bonds is 3. The molecule has 0 aliphatic carbocycles. The molecule has 1 N–H and O–H groups in total. The molecule has 17 heavy (non-hydrogen) atoms. The summed E-state index contributed by atoms with van der Waals surface area (Å²) < 4.78 is 23.1. The molecule has 0 aromatic heterocycles. The number of likely N-dealkylation sites (N-methyl/N-ethyl adjacent to an activating group) is 2. The van der Waals surface area contributed by atoms with Crippen LogP contribution >= 0.6 is 0 Å². The third-order valence-corrected chi connectivity index (χ3v) is 5.60. The van der Waals surface area contributed by atoms with E-state index in [4.69, 9.17) is 0 Å². The Labute approximate surface area is 104 Å². The number of sulfone groups is 1. The van der Waals surface area contributed by atoms with Crippen molar-refractivity contribution in [3.8, 4) is 0 Å². The highest BCUT2D eigenvalue weighted by Crippen LogP contribution is 2.21. The molecule has 0 aromatic rings. The largest absolute Gasteiger partial charge is 0.318 e. The van der Waals surface area contributed by atoms with E-state index < -0.39 is 9.84 Å². The molecule has 100 valence electrons. The van der Waals surface area contributed by atoms with Gasteiger partial charge in [-0.2, -0.15) is 0 Å². The summed E-state index contributed by atoms with van der Waals surface area (Å²) in [5.41, 5.74) is 0. The highest BCUT2D eigenvalue weighted by molar-refractivity contribution is 7.91. The van der Waals surface area contributed by atoms with E-state index in [1.54, 1.807) is 0 Å². The van der Waals surface area contributed by atoms with Crippen molar-refractivity contribution in [3.05, 3.63) is 0 Å². The molecule has 6 heteroatoms. The molecule has 2 heterocycles. The Balaban J connectivity index is 2.03. The number of hydrogen-bond donors (Lipinski definition) is 1. The lowest BCUT2D eigenvalue weighted by Gasteiger charge is -2.43. The summed E-state index contributed by atoms with van der Waals surface area (Å²) in [6.07, 6.45) is 0.812. The minimum Gasteiger partial charge on any atom is -0.318 e. The molecule has 0 spiro atoms. The Morgan fingerprint density at radius 1 is 1.35 bits per heavy atom. The fourth-order valence-corrected chi connectivity index (χ4v) is 4.70. The van der Waals surface area contributed by atoms with Crippen LogP contribution in [-0.4, -0.2) is 82.1 Å². The molecule has 0 aromatic carbocycles. The van der Waals surface area contributed by atoms with E-state index in [0.717, 1.165) is 32.6 Å². The number of nitrogens with zero attached hydrogens (tertiary/aromatic N) is 2. The average molecular weight is 261 g/mol. The molecule has 2 saturated heterocycles. The maximum atomic E-state index is 11.6. The van der Waals surface area contributed by atoms with Crippen LogP contribution in [0.25, 0.3) is 0 Å². The van der Waals surface area contributed by atoms with Gasteiger partial charge < -0.3 is 10.2 Å². The summed E-state index contributed by atoms with van der Waals surface area (Å²) in [5.74, 6) is 0.729. The first-order valence-corrected chi connectivity index (χ1v) is 8.13. The highest BCUT2D eigenvalue weighted by atomic mass is 32.2. The first-order valence-electron chi connectivity index (χ1n) is 6.31.